The zero-order chi connectivity index (χ0) is 10.6. The van der Waals surface area contributed by atoms with Crippen LogP contribution < -0.4 is 5.73 Å². The fourth-order valence-electron chi connectivity index (χ4n) is 1.23. The van der Waals surface area contributed by atoms with E-state index in [2.05, 4.69) is 4.89 Å². The zero-order valence-electron chi connectivity index (χ0n) is 7.64. The van der Waals surface area contributed by atoms with Crippen molar-refractivity contribution in [3.8, 4) is 0 Å². The summed E-state index contributed by atoms with van der Waals surface area (Å²) in [6, 6.07) is -0.268. The first-order valence-electron chi connectivity index (χ1n) is 4.33. The molecular formula is C8H13NO4S. The van der Waals surface area contributed by atoms with E-state index < -0.39 is 0 Å². The lowest BCUT2D eigenvalue weighted by Gasteiger charge is -2.11. The molecule has 0 amide bonds. The molecule has 5 nitrogen and oxygen atoms in total. The number of Topliss-reactive ketones (excluding diaryl/α,β-unsaturated/α-hetero) is 2. The molecule has 0 spiro atoms. The van der Waals surface area contributed by atoms with Crippen molar-refractivity contribution < 1.29 is 19.7 Å². The fourth-order valence-corrected chi connectivity index (χ4v) is 2.39. The second-order valence-electron chi connectivity index (χ2n) is 3.27. The van der Waals surface area contributed by atoms with Gasteiger partial charge in [0.25, 0.3) is 0 Å². The van der Waals surface area contributed by atoms with E-state index in [0.717, 1.165) is 0 Å². The standard InChI is InChI=1S/C8H13NO4S/c9-5(3-13-12)4-14-6-1-7(10)8(11)2-6/h5-6,12H,1-4,9H2. The van der Waals surface area contributed by atoms with Crippen LogP contribution >= 0.6 is 11.8 Å². The van der Waals surface area contributed by atoms with Gasteiger partial charge in [-0.1, -0.05) is 0 Å². The molecule has 1 rings (SSSR count). The average molecular weight is 219 g/mol. The van der Waals surface area contributed by atoms with Gasteiger partial charge in [-0.15, -0.1) is 0 Å². The number of carbonyl (C=O) groups is 2. The van der Waals surface area contributed by atoms with Crippen molar-refractivity contribution in [2.75, 3.05) is 12.4 Å². The van der Waals surface area contributed by atoms with Crippen LogP contribution in [-0.2, 0) is 14.5 Å². The molecular weight excluding hydrogens is 206 g/mol. The first kappa shape index (κ1) is 11.6. The van der Waals surface area contributed by atoms with Crippen molar-refractivity contribution >= 4 is 23.3 Å². The number of ketones is 2. The molecule has 0 aromatic carbocycles. The number of hydrogen-bond donors (Lipinski definition) is 2. The minimum absolute atomic E-state index is 0.0553. The van der Waals surface area contributed by atoms with Gasteiger partial charge in [-0.3, -0.25) is 14.8 Å². The van der Waals surface area contributed by atoms with Crippen LogP contribution in [0.4, 0.5) is 0 Å². The molecule has 80 valence electrons. The van der Waals surface area contributed by atoms with Crippen LogP contribution in [0.1, 0.15) is 12.8 Å². The molecule has 14 heavy (non-hydrogen) atoms. The molecule has 0 aromatic heterocycles. The Morgan fingerprint density at radius 3 is 2.57 bits per heavy atom. The smallest absolute Gasteiger partial charge is 0.199 e. The average Bonchev–Trinajstić information content (AvgIpc) is 2.44. The normalized spacial score (nSPS) is 20.4. The Morgan fingerprint density at radius 2 is 2.07 bits per heavy atom. The molecule has 0 aromatic rings. The van der Waals surface area contributed by atoms with Gasteiger partial charge in [0.2, 0.25) is 0 Å². The van der Waals surface area contributed by atoms with Gasteiger partial charge >= 0.3 is 0 Å². The molecule has 1 atom stereocenters. The summed E-state index contributed by atoms with van der Waals surface area (Å²) in [5.74, 6) is 0.00941. The molecule has 1 aliphatic carbocycles. The molecule has 6 heteroatoms. The maximum Gasteiger partial charge on any atom is 0.199 e. The van der Waals surface area contributed by atoms with Crippen molar-refractivity contribution in [1.82, 2.24) is 0 Å². The van der Waals surface area contributed by atoms with Crippen molar-refractivity contribution in [1.29, 1.82) is 0 Å². The minimum Gasteiger partial charge on any atom is -0.325 e. The van der Waals surface area contributed by atoms with Gasteiger partial charge in [-0.05, 0) is 0 Å². The summed E-state index contributed by atoms with van der Waals surface area (Å²) in [4.78, 5) is 25.7. The number of nitrogens with two attached hydrogens (primary N) is 1. The second kappa shape index (κ2) is 5.45. The summed E-state index contributed by atoms with van der Waals surface area (Å²) in [5, 5.41) is 8.17. The molecule has 0 bridgehead atoms. The number of rotatable bonds is 5. The third-order valence-corrected chi connectivity index (χ3v) is 3.40. The molecule has 0 radical (unpaired) electrons. The van der Waals surface area contributed by atoms with Gasteiger partial charge in [-0.25, -0.2) is 4.89 Å². The summed E-state index contributed by atoms with van der Waals surface area (Å²) >= 11 is 1.48. The van der Waals surface area contributed by atoms with Gasteiger partial charge in [0.15, 0.2) is 11.6 Å². The third kappa shape index (κ3) is 3.38. The Balaban J connectivity index is 2.20. The van der Waals surface area contributed by atoms with Crippen LogP contribution in [-0.4, -0.2) is 40.5 Å². The summed E-state index contributed by atoms with van der Waals surface area (Å²) < 4.78 is 0. The van der Waals surface area contributed by atoms with Crippen LogP contribution in [0.25, 0.3) is 0 Å². The predicted molar refractivity (Wildman–Crippen MR) is 52.1 cm³/mol. The van der Waals surface area contributed by atoms with Gasteiger partial charge < -0.3 is 5.73 Å². The largest absolute Gasteiger partial charge is 0.325 e. The van der Waals surface area contributed by atoms with E-state index >= 15 is 0 Å². The van der Waals surface area contributed by atoms with Crippen LogP contribution in [0.15, 0.2) is 0 Å². The first-order chi connectivity index (χ1) is 6.63. The molecule has 0 saturated heterocycles. The molecule has 3 N–H and O–H groups in total. The SMILES string of the molecule is NC(COO)CSC1CC(=O)C(=O)C1. The van der Waals surface area contributed by atoms with Gasteiger partial charge in [-0.2, -0.15) is 11.8 Å². The summed E-state index contributed by atoms with van der Waals surface area (Å²) in [7, 11) is 0. The lowest BCUT2D eigenvalue weighted by Crippen LogP contribution is -2.29. The van der Waals surface area contributed by atoms with Gasteiger partial charge in [0.1, 0.15) is 0 Å². The monoisotopic (exact) mass is 219 g/mol. The minimum atomic E-state index is -0.283. The molecule has 0 aliphatic heterocycles. The van der Waals surface area contributed by atoms with Crippen molar-refractivity contribution in [3.63, 3.8) is 0 Å². The van der Waals surface area contributed by atoms with Gasteiger partial charge in [0, 0.05) is 29.9 Å². The topological polar surface area (TPSA) is 89.6 Å². The Labute approximate surface area is 85.9 Å². The van der Waals surface area contributed by atoms with E-state index in [1.807, 2.05) is 0 Å². The van der Waals surface area contributed by atoms with E-state index in [4.69, 9.17) is 11.0 Å². The number of carbonyl (C=O) groups excluding carboxylic acids is 2. The molecule has 0 heterocycles. The highest BCUT2D eigenvalue weighted by molar-refractivity contribution is 8.00. The lowest BCUT2D eigenvalue weighted by molar-refractivity contribution is -0.244. The second-order valence-corrected chi connectivity index (χ2v) is 4.60. The van der Waals surface area contributed by atoms with Gasteiger partial charge in [0.05, 0.1) is 6.61 Å². The van der Waals surface area contributed by atoms with Crippen LogP contribution in [0, 0.1) is 0 Å². The molecule has 1 fully saturated rings. The maximum atomic E-state index is 10.9. The highest BCUT2D eigenvalue weighted by Gasteiger charge is 2.30. The first-order valence-corrected chi connectivity index (χ1v) is 5.38. The van der Waals surface area contributed by atoms with E-state index in [1.165, 1.54) is 11.8 Å². The highest BCUT2D eigenvalue weighted by atomic mass is 32.2. The molecule has 1 saturated carbocycles. The highest BCUT2D eigenvalue weighted by Crippen LogP contribution is 2.25. The number of hydrogen-bond acceptors (Lipinski definition) is 6. The van der Waals surface area contributed by atoms with Crippen LogP contribution in [0.2, 0.25) is 0 Å². The van der Waals surface area contributed by atoms with Crippen molar-refractivity contribution in [3.05, 3.63) is 0 Å². The zero-order valence-corrected chi connectivity index (χ0v) is 8.46. The Bertz CT molecular complexity index is 217. The Morgan fingerprint density at radius 1 is 1.50 bits per heavy atom. The Kier molecular flexibility index (Phi) is 4.53. The fraction of sp³-hybridized carbons (Fsp3) is 0.750. The number of thioether (sulfide) groups is 1. The lowest BCUT2D eigenvalue weighted by atomic mass is 10.3. The van der Waals surface area contributed by atoms with Crippen molar-refractivity contribution in [2.45, 2.75) is 24.1 Å². The third-order valence-electron chi connectivity index (χ3n) is 1.97. The van der Waals surface area contributed by atoms with E-state index in [1.54, 1.807) is 0 Å². The van der Waals surface area contributed by atoms with Crippen LogP contribution in [0.5, 0.6) is 0 Å². The molecule has 1 unspecified atom stereocenters. The van der Waals surface area contributed by atoms with Crippen molar-refractivity contribution in [2.24, 2.45) is 5.73 Å². The summed E-state index contributed by atoms with van der Waals surface area (Å²) in [6.07, 6.45) is 0.631. The predicted octanol–water partition coefficient (Wildman–Crippen LogP) is -0.163. The molecule has 1 aliphatic rings. The summed E-state index contributed by atoms with van der Waals surface area (Å²) in [5.41, 5.74) is 5.56. The van der Waals surface area contributed by atoms with E-state index in [9.17, 15) is 9.59 Å². The van der Waals surface area contributed by atoms with Crippen LogP contribution in [0.3, 0.4) is 0 Å². The van der Waals surface area contributed by atoms with E-state index in [-0.39, 0.29) is 29.5 Å². The van der Waals surface area contributed by atoms with E-state index in [0.29, 0.717) is 18.6 Å². The summed E-state index contributed by atoms with van der Waals surface area (Å²) in [6.45, 7) is 0.0710. The quantitative estimate of drug-likeness (QED) is 0.379. The maximum absolute atomic E-state index is 10.9. The Hall–Kier alpha value is -0.430.